The van der Waals surface area contributed by atoms with Gasteiger partial charge in [-0.25, -0.2) is 4.99 Å². The Bertz CT molecular complexity index is 600. The van der Waals surface area contributed by atoms with Crippen LogP contribution in [0.1, 0.15) is 0 Å². The average Bonchev–Trinajstić information content (AvgIpc) is 2.36. The Hall–Kier alpha value is -1.29. The standard InChI is InChI=1S/C12H6Cl3NO2/c13-8-5-9(10(14)11(15)12(8)18)16-6-1-3-7(17)4-2-6/h1-5,18H. The first-order chi connectivity index (χ1) is 8.49. The van der Waals surface area contributed by atoms with Crippen molar-refractivity contribution < 1.29 is 9.90 Å². The number of nitrogens with zero attached hydrogens (tertiary/aromatic N) is 1. The van der Waals surface area contributed by atoms with Crippen molar-refractivity contribution in [2.24, 2.45) is 4.99 Å². The molecule has 0 bridgehead atoms. The Labute approximate surface area is 118 Å². The Morgan fingerprint density at radius 1 is 1.00 bits per heavy atom. The number of carbonyl (C=O) groups excluding carboxylic acids is 1. The number of carbonyl (C=O) groups is 1. The summed E-state index contributed by atoms with van der Waals surface area (Å²) in [6, 6.07) is 1.40. The first kappa shape index (κ1) is 13.1. The van der Waals surface area contributed by atoms with Gasteiger partial charge in [-0.3, -0.25) is 4.79 Å². The van der Waals surface area contributed by atoms with Crippen molar-refractivity contribution in [2.75, 3.05) is 0 Å². The number of rotatable bonds is 1. The molecule has 0 spiro atoms. The van der Waals surface area contributed by atoms with Gasteiger partial charge in [0.25, 0.3) is 0 Å². The lowest BCUT2D eigenvalue weighted by Crippen LogP contribution is -1.98. The molecule has 0 amide bonds. The molecule has 1 aromatic rings. The average molecular weight is 303 g/mol. The van der Waals surface area contributed by atoms with Crippen LogP contribution in [-0.4, -0.2) is 16.6 Å². The van der Waals surface area contributed by atoms with E-state index in [0.717, 1.165) is 0 Å². The van der Waals surface area contributed by atoms with E-state index in [1.807, 2.05) is 0 Å². The fraction of sp³-hybridized carbons (Fsp3) is 0. The summed E-state index contributed by atoms with van der Waals surface area (Å²) in [6.45, 7) is 0. The zero-order valence-electron chi connectivity index (χ0n) is 8.82. The van der Waals surface area contributed by atoms with Gasteiger partial charge in [0.2, 0.25) is 0 Å². The summed E-state index contributed by atoms with van der Waals surface area (Å²) in [5.74, 6) is -0.390. The lowest BCUT2D eigenvalue weighted by atomic mass is 10.1. The summed E-state index contributed by atoms with van der Waals surface area (Å²) >= 11 is 17.5. The predicted octanol–water partition coefficient (Wildman–Crippen LogP) is 4.12. The Balaban J connectivity index is 2.48. The second kappa shape index (κ2) is 5.14. The Morgan fingerprint density at radius 2 is 1.61 bits per heavy atom. The van der Waals surface area contributed by atoms with Gasteiger partial charge in [-0.05, 0) is 30.4 Å². The molecule has 0 unspecified atom stereocenters. The fourth-order valence-corrected chi connectivity index (χ4v) is 1.95. The summed E-state index contributed by atoms with van der Waals surface area (Å²) in [5.41, 5.74) is 0.859. The normalized spacial score (nSPS) is 14.2. The molecule has 0 aliphatic heterocycles. The molecule has 1 N–H and O–H groups in total. The molecular formula is C12H6Cl3NO2. The van der Waals surface area contributed by atoms with Gasteiger partial charge in [0.15, 0.2) is 11.5 Å². The highest BCUT2D eigenvalue weighted by Crippen LogP contribution is 2.43. The van der Waals surface area contributed by atoms with Crippen molar-refractivity contribution in [1.82, 2.24) is 0 Å². The molecular weight excluding hydrogens is 296 g/mol. The minimum Gasteiger partial charge on any atom is -0.505 e. The van der Waals surface area contributed by atoms with Crippen molar-refractivity contribution >= 4 is 52.0 Å². The van der Waals surface area contributed by atoms with Crippen LogP contribution in [0.15, 0.2) is 35.4 Å². The SMILES string of the molecule is O=C1C=CC(=Nc2cc(Cl)c(O)c(Cl)c2Cl)C=C1. The Kier molecular flexibility index (Phi) is 3.76. The lowest BCUT2D eigenvalue weighted by Gasteiger charge is -2.06. The van der Waals surface area contributed by atoms with Gasteiger partial charge in [-0.15, -0.1) is 0 Å². The highest BCUT2D eigenvalue weighted by atomic mass is 35.5. The lowest BCUT2D eigenvalue weighted by molar-refractivity contribution is -0.110. The summed E-state index contributed by atoms with van der Waals surface area (Å²) in [6.07, 6.45) is 5.87. The van der Waals surface area contributed by atoms with E-state index >= 15 is 0 Å². The van der Waals surface area contributed by atoms with Crippen molar-refractivity contribution in [2.45, 2.75) is 0 Å². The van der Waals surface area contributed by atoms with Crippen molar-refractivity contribution in [3.8, 4) is 5.75 Å². The van der Waals surface area contributed by atoms with Crippen LogP contribution in [0.3, 0.4) is 0 Å². The van der Waals surface area contributed by atoms with Crippen LogP contribution in [0, 0.1) is 0 Å². The Morgan fingerprint density at radius 3 is 2.22 bits per heavy atom. The fourth-order valence-electron chi connectivity index (χ4n) is 1.31. The van der Waals surface area contributed by atoms with Crippen LogP contribution >= 0.6 is 34.8 Å². The highest BCUT2D eigenvalue weighted by Gasteiger charge is 2.14. The number of phenols is 1. The molecule has 0 saturated carbocycles. The monoisotopic (exact) mass is 301 g/mol. The maximum Gasteiger partial charge on any atom is 0.178 e. The van der Waals surface area contributed by atoms with E-state index in [1.165, 1.54) is 18.2 Å². The molecule has 0 atom stereocenters. The molecule has 0 fully saturated rings. The van der Waals surface area contributed by atoms with E-state index < -0.39 is 0 Å². The summed E-state index contributed by atoms with van der Waals surface area (Å²) < 4.78 is 0. The summed E-state index contributed by atoms with van der Waals surface area (Å²) in [7, 11) is 0. The third-order valence-electron chi connectivity index (χ3n) is 2.20. The third kappa shape index (κ3) is 2.58. The van der Waals surface area contributed by atoms with Gasteiger partial charge >= 0.3 is 0 Å². The number of ketones is 1. The second-order valence-electron chi connectivity index (χ2n) is 3.46. The van der Waals surface area contributed by atoms with Gasteiger partial charge in [-0.1, -0.05) is 34.8 Å². The van der Waals surface area contributed by atoms with Gasteiger partial charge in [0.05, 0.1) is 21.4 Å². The van der Waals surface area contributed by atoms with Crippen LogP contribution in [0.25, 0.3) is 0 Å². The van der Waals surface area contributed by atoms with Crippen LogP contribution in [0.4, 0.5) is 5.69 Å². The number of benzene rings is 1. The molecule has 1 aromatic carbocycles. The van der Waals surface area contributed by atoms with E-state index in [2.05, 4.69) is 4.99 Å². The summed E-state index contributed by atoms with van der Waals surface area (Å²) in [4.78, 5) is 15.1. The molecule has 0 saturated heterocycles. The van der Waals surface area contributed by atoms with E-state index in [-0.39, 0.29) is 26.6 Å². The van der Waals surface area contributed by atoms with Crippen molar-refractivity contribution in [3.63, 3.8) is 0 Å². The molecule has 6 heteroatoms. The van der Waals surface area contributed by atoms with Gasteiger partial charge in [-0.2, -0.15) is 0 Å². The number of hydrogen-bond acceptors (Lipinski definition) is 3. The van der Waals surface area contributed by atoms with E-state index in [1.54, 1.807) is 12.2 Å². The zero-order chi connectivity index (χ0) is 13.3. The van der Waals surface area contributed by atoms with Gasteiger partial charge in [0, 0.05) is 0 Å². The molecule has 3 nitrogen and oxygen atoms in total. The quantitative estimate of drug-likeness (QED) is 0.626. The van der Waals surface area contributed by atoms with Crippen LogP contribution in [-0.2, 0) is 4.79 Å². The minimum atomic E-state index is -0.280. The van der Waals surface area contributed by atoms with Crippen LogP contribution in [0.2, 0.25) is 15.1 Å². The number of halogens is 3. The molecule has 1 aliphatic rings. The van der Waals surface area contributed by atoms with Crippen molar-refractivity contribution in [1.29, 1.82) is 0 Å². The smallest absolute Gasteiger partial charge is 0.178 e. The molecule has 2 rings (SSSR count). The number of aromatic hydroxyl groups is 1. The van der Waals surface area contributed by atoms with Gasteiger partial charge < -0.3 is 5.11 Å². The first-order valence-electron chi connectivity index (χ1n) is 4.84. The largest absolute Gasteiger partial charge is 0.505 e. The maximum atomic E-state index is 11.0. The van der Waals surface area contributed by atoms with E-state index in [0.29, 0.717) is 11.4 Å². The topological polar surface area (TPSA) is 49.7 Å². The van der Waals surface area contributed by atoms with Crippen molar-refractivity contribution in [3.05, 3.63) is 45.4 Å². The van der Waals surface area contributed by atoms with Gasteiger partial charge in [0.1, 0.15) is 5.02 Å². The van der Waals surface area contributed by atoms with E-state index in [9.17, 15) is 9.90 Å². The van der Waals surface area contributed by atoms with Crippen LogP contribution in [0.5, 0.6) is 5.75 Å². The molecule has 0 radical (unpaired) electrons. The predicted molar refractivity (Wildman–Crippen MR) is 73.5 cm³/mol. The molecule has 1 aliphatic carbocycles. The molecule has 92 valence electrons. The van der Waals surface area contributed by atoms with Crippen LogP contribution < -0.4 is 0 Å². The molecule has 0 aromatic heterocycles. The molecule has 18 heavy (non-hydrogen) atoms. The number of hydrogen-bond donors (Lipinski definition) is 1. The highest BCUT2D eigenvalue weighted by molar-refractivity contribution is 6.46. The zero-order valence-corrected chi connectivity index (χ0v) is 11.1. The first-order valence-corrected chi connectivity index (χ1v) is 5.97. The second-order valence-corrected chi connectivity index (χ2v) is 4.62. The number of allylic oxidation sites excluding steroid dienone is 4. The maximum absolute atomic E-state index is 11.0. The van der Waals surface area contributed by atoms with E-state index in [4.69, 9.17) is 34.8 Å². The molecule has 0 heterocycles. The number of phenolic OH excluding ortho intramolecular Hbond substituents is 1. The third-order valence-corrected chi connectivity index (χ3v) is 3.34. The summed E-state index contributed by atoms with van der Waals surface area (Å²) in [5, 5.41) is 9.59. The minimum absolute atomic E-state index is 0.0524. The number of aliphatic imine (C=N–C) groups is 1.